The number of carbonyl (C=O) groups excluding carboxylic acids is 3. The first-order valence-corrected chi connectivity index (χ1v) is 15.8. The lowest BCUT2D eigenvalue weighted by molar-refractivity contribution is -0.150. The van der Waals surface area contributed by atoms with Crippen molar-refractivity contribution < 1.29 is 24.2 Å². The van der Waals surface area contributed by atoms with Gasteiger partial charge < -0.3 is 14.7 Å². The molecule has 4 aliphatic carbocycles. The second kappa shape index (κ2) is 11.2. The minimum Gasteiger partial charge on any atom is -0.458 e. The topological polar surface area (TPSA) is 83.9 Å². The van der Waals surface area contributed by atoms with Gasteiger partial charge >= 0.3 is 5.97 Å². The first kappa shape index (κ1) is 28.9. The van der Waals surface area contributed by atoms with E-state index in [0.29, 0.717) is 12.8 Å². The number of allylic oxidation sites excluding steroid dienone is 4. The van der Waals surface area contributed by atoms with Gasteiger partial charge in [-0.1, -0.05) is 43.4 Å². The van der Waals surface area contributed by atoms with Gasteiger partial charge in [-0.05, 0) is 103 Å². The number of nitrogens with zero attached hydrogens (tertiary/aromatic N) is 1. The lowest BCUT2D eigenvalue weighted by atomic mass is 9.47. The number of Topliss-reactive ketones (excluding diaryl/α,β-unsaturated/α-hetero) is 1. The number of hydrogen-bond acceptors (Lipinski definition) is 6. The molecule has 5 aliphatic rings. The molecule has 1 N–H and O–H groups in total. The van der Waals surface area contributed by atoms with Crippen molar-refractivity contribution in [2.75, 3.05) is 31.2 Å². The third kappa shape index (κ3) is 4.65. The maximum absolute atomic E-state index is 14.0. The van der Waals surface area contributed by atoms with Crippen molar-refractivity contribution >= 4 is 23.2 Å². The summed E-state index contributed by atoms with van der Waals surface area (Å²) in [6.45, 7) is 7.37. The number of fused-ring (bicyclic) bond motifs is 4. The van der Waals surface area contributed by atoms with Crippen LogP contribution in [0.3, 0.4) is 0 Å². The van der Waals surface area contributed by atoms with Gasteiger partial charge in [-0.25, -0.2) is 0 Å². The van der Waals surface area contributed by atoms with E-state index in [4.69, 9.17) is 4.74 Å². The molecule has 0 amide bonds. The van der Waals surface area contributed by atoms with Gasteiger partial charge in [0.15, 0.2) is 18.2 Å². The van der Waals surface area contributed by atoms with Gasteiger partial charge in [0.05, 0.1) is 5.41 Å². The summed E-state index contributed by atoms with van der Waals surface area (Å²) in [5.41, 5.74) is 5.11. The highest BCUT2D eigenvalue weighted by atomic mass is 16.5. The fourth-order valence-corrected chi connectivity index (χ4v) is 9.39. The molecule has 3 fully saturated rings. The molecule has 0 aromatic heterocycles. The van der Waals surface area contributed by atoms with Crippen LogP contribution in [0.5, 0.6) is 0 Å². The molecule has 0 radical (unpaired) electrons. The molecule has 0 bridgehead atoms. The number of benzene rings is 1. The Morgan fingerprint density at radius 1 is 1.14 bits per heavy atom. The molecule has 6 atom stereocenters. The third-order valence-electron chi connectivity index (χ3n) is 11.3. The van der Waals surface area contributed by atoms with Crippen LogP contribution >= 0.6 is 0 Å². The number of carbonyl (C=O) groups is 3. The first-order chi connectivity index (χ1) is 20.2. The van der Waals surface area contributed by atoms with Crippen LogP contribution in [0.15, 0.2) is 47.1 Å². The van der Waals surface area contributed by atoms with Crippen molar-refractivity contribution in [2.24, 2.45) is 28.6 Å². The van der Waals surface area contributed by atoms with Crippen molar-refractivity contribution in [3.05, 3.63) is 52.6 Å². The SMILES string of the molecule is CC(=O)OCC(=O)[C@@]1(C#CCO)CC[C@H]2[C@@H]3CC(C)C4=CC(=O)CCC4=C3C(c3ccc(N4CCCC4)cc3)C[C@@]21C. The minimum absolute atomic E-state index is 0.0953. The fourth-order valence-electron chi connectivity index (χ4n) is 9.39. The highest BCUT2D eigenvalue weighted by Crippen LogP contribution is 2.70. The van der Waals surface area contributed by atoms with Crippen molar-refractivity contribution in [3.63, 3.8) is 0 Å². The zero-order valence-corrected chi connectivity index (χ0v) is 25.2. The molecule has 6 rings (SSSR count). The largest absolute Gasteiger partial charge is 0.458 e. The van der Waals surface area contributed by atoms with Crippen LogP contribution in [0, 0.1) is 40.4 Å². The molecule has 1 heterocycles. The zero-order chi connectivity index (χ0) is 29.6. The van der Waals surface area contributed by atoms with Gasteiger partial charge in [0.25, 0.3) is 0 Å². The number of aliphatic hydroxyl groups is 1. The van der Waals surface area contributed by atoms with Gasteiger partial charge in [-0.2, -0.15) is 0 Å². The van der Waals surface area contributed by atoms with Crippen molar-refractivity contribution in [1.29, 1.82) is 0 Å². The van der Waals surface area contributed by atoms with E-state index in [-0.39, 0.29) is 48.5 Å². The van der Waals surface area contributed by atoms with Crippen LogP contribution in [0.4, 0.5) is 5.69 Å². The average Bonchev–Trinajstić information content (AvgIpc) is 3.62. The number of ketones is 2. The van der Waals surface area contributed by atoms with Crippen LogP contribution in [-0.4, -0.2) is 48.9 Å². The van der Waals surface area contributed by atoms with Crippen LogP contribution in [0.25, 0.3) is 0 Å². The molecule has 1 aromatic carbocycles. The summed E-state index contributed by atoms with van der Waals surface area (Å²) in [4.78, 5) is 40.7. The van der Waals surface area contributed by atoms with E-state index >= 15 is 0 Å². The quantitative estimate of drug-likeness (QED) is 0.370. The maximum atomic E-state index is 14.0. The van der Waals surface area contributed by atoms with Crippen molar-refractivity contribution in [2.45, 2.75) is 78.1 Å². The standard InChI is InChI=1S/C36H43NO5/c1-23-19-30-32-13-15-36(14-6-18-38,33(41)22-42-24(2)39)35(32,3)21-31(34(30)28-12-11-27(40)20-29(23)28)25-7-9-26(10-8-25)37-16-4-5-17-37/h7-10,20,23,30-32,38H,4-5,11-13,15-19,21-22H2,1-3H3/t23?,30-,31?,32-,35-,36+/m0/s1. The monoisotopic (exact) mass is 569 g/mol. The Balaban J connectivity index is 1.49. The molecule has 1 aromatic rings. The molecule has 1 saturated heterocycles. The van der Waals surface area contributed by atoms with E-state index in [1.165, 1.54) is 47.7 Å². The summed E-state index contributed by atoms with van der Waals surface area (Å²) in [5.74, 6) is 6.60. The van der Waals surface area contributed by atoms with E-state index in [0.717, 1.165) is 38.8 Å². The van der Waals surface area contributed by atoms with Gasteiger partial charge in [-0.3, -0.25) is 14.4 Å². The van der Waals surface area contributed by atoms with E-state index in [2.05, 4.69) is 54.9 Å². The lowest BCUT2D eigenvalue weighted by Gasteiger charge is -2.55. The van der Waals surface area contributed by atoms with Gasteiger partial charge in [0.1, 0.15) is 6.61 Å². The van der Waals surface area contributed by atoms with Gasteiger partial charge in [0, 0.05) is 38.0 Å². The number of anilines is 1. The predicted molar refractivity (Wildman–Crippen MR) is 162 cm³/mol. The number of esters is 1. The molecule has 222 valence electrons. The summed E-state index contributed by atoms with van der Waals surface area (Å²) < 4.78 is 5.25. The summed E-state index contributed by atoms with van der Waals surface area (Å²) in [6.07, 6.45) is 8.84. The van der Waals surface area contributed by atoms with E-state index in [1.807, 2.05) is 6.08 Å². The average molecular weight is 570 g/mol. The number of rotatable bonds is 5. The molecular weight excluding hydrogens is 526 g/mol. The minimum atomic E-state index is -0.998. The molecule has 1 aliphatic heterocycles. The Bertz CT molecular complexity index is 1400. The molecule has 2 unspecified atom stereocenters. The Hall–Kier alpha value is -3.17. The Morgan fingerprint density at radius 3 is 2.57 bits per heavy atom. The summed E-state index contributed by atoms with van der Waals surface area (Å²) in [7, 11) is 0. The maximum Gasteiger partial charge on any atom is 0.303 e. The fraction of sp³-hybridized carbons (Fsp3) is 0.583. The summed E-state index contributed by atoms with van der Waals surface area (Å²) in [5, 5.41) is 9.72. The van der Waals surface area contributed by atoms with E-state index in [1.54, 1.807) is 0 Å². The summed E-state index contributed by atoms with van der Waals surface area (Å²) in [6, 6.07) is 9.06. The van der Waals surface area contributed by atoms with Crippen LogP contribution < -0.4 is 4.90 Å². The Labute approximate surface area is 249 Å². The number of hydrogen-bond donors (Lipinski definition) is 1. The van der Waals surface area contributed by atoms with Gasteiger partial charge in [-0.15, -0.1) is 0 Å². The predicted octanol–water partition coefficient (Wildman–Crippen LogP) is 5.55. The van der Waals surface area contributed by atoms with Crippen LogP contribution in [-0.2, 0) is 19.1 Å². The smallest absolute Gasteiger partial charge is 0.303 e. The third-order valence-corrected chi connectivity index (χ3v) is 11.3. The van der Waals surface area contributed by atoms with Gasteiger partial charge in [0.2, 0.25) is 0 Å². The number of ether oxygens (including phenoxy) is 1. The Morgan fingerprint density at radius 2 is 1.88 bits per heavy atom. The first-order valence-electron chi connectivity index (χ1n) is 15.8. The lowest BCUT2D eigenvalue weighted by Crippen LogP contribution is -2.52. The molecule has 2 saturated carbocycles. The van der Waals surface area contributed by atoms with Crippen LogP contribution in [0.1, 0.15) is 83.6 Å². The normalized spacial score (nSPS) is 33.7. The zero-order valence-electron chi connectivity index (χ0n) is 25.2. The molecule has 6 nitrogen and oxygen atoms in total. The summed E-state index contributed by atoms with van der Waals surface area (Å²) >= 11 is 0. The second-order valence-electron chi connectivity index (χ2n) is 13.4. The van der Waals surface area contributed by atoms with E-state index < -0.39 is 16.8 Å². The Kier molecular flexibility index (Phi) is 7.68. The van der Waals surface area contributed by atoms with Crippen molar-refractivity contribution in [1.82, 2.24) is 0 Å². The number of aliphatic hydroxyl groups excluding tert-OH is 1. The molecule has 6 heteroatoms. The van der Waals surface area contributed by atoms with Crippen LogP contribution in [0.2, 0.25) is 0 Å². The highest BCUT2D eigenvalue weighted by molar-refractivity contribution is 5.93. The highest BCUT2D eigenvalue weighted by Gasteiger charge is 2.66. The van der Waals surface area contributed by atoms with Crippen molar-refractivity contribution in [3.8, 4) is 11.8 Å². The molecule has 0 spiro atoms. The molecule has 42 heavy (non-hydrogen) atoms. The second-order valence-corrected chi connectivity index (χ2v) is 13.4. The molecular formula is C36H43NO5. The van der Waals surface area contributed by atoms with E-state index in [9.17, 15) is 19.5 Å².